The Hall–Kier alpha value is -1.58. The van der Waals surface area contributed by atoms with Crippen LogP contribution in [0.15, 0.2) is 24.3 Å². The molecule has 9 N–H and O–H groups in total. The van der Waals surface area contributed by atoms with Crippen molar-refractivity contribution >= 4 is 5.69 Å². The molecule has 2 heterocycles. The minimum atomic E-state index is -1.74. The summed E-state index contributed by atoms with van der Waals surface area (Å²) in [5.41, 5.74) is 6.10. The van der Waals surface area contributed by atoms with E-state index >= 15 is 0 Å². The molecule has 0 radical (unpaired) electrons. The highest BCUT2D eigenvalue weighted by Crippen LogP contribution is 2.30. The van der Waals surface area contributed by atoms with E-state index in [-0.39, 0.29) is 5.75 Å². The smallest absolute Gasteiger partial charge is 0.229 e. The van der Waals surface area contributed by atoms with Gasteiger partial charge in [-0.05, 0) is 24.3 Å². The highest BCUT2D eigenvalue weighted by atomic mass is 16.7. The van der Waals surface area contributed by atoms with Crippen molar-refractivity contribution in [3.8, 4) is 5.75 Å². The second-order valence-corrected chi connectivity index (χ2v) is 7.19. The number of nitrogen functional groups attached to an aromatic ring is 1. The third-order valence-corrected chi connectivity index (χ3v) is 5.09. The van der Waals surface area contributed by atoms with E-state index in [0.29, 0.717) is 5.69 Å². The molecule has 0 aromatic heterocycles. The van der Waals surface area contributed by atoms with Crippen LogP contribution >= 0.6 is 0 Å². The van der Waals surface area contributed by atoms with E-state index in [1.165, 1.54) is 12.1 Å². The summed E-state index contributed by atoms with van der Waals surface area (Å²) in [4.78, 5) is 0. The molecule has 12 nitrogen and oxygen atoms in total. The Morgan fingerprint density at radius 2 is 1.30 bits per heavy atom. The lowest BCUT2D eigenvalue weighted by molar-refractivity contribution is -0.352. The maximum absolute atomic E-state index is 10.6. The number of hydrogen-bond donors (Lipinski definition) is 8. The van der Waals surface area contributed by atoms with Crippen LogP contribution in [-0.2, 0) is 14.2 Å². The minimum absolute atomic E-state index is 0.285. The Balaban J connectivity index is 1.76. The number of nitrogens with two attached hydrogens (primary N) is 1. The van der Waals surface area contributed by atoms with E-state index in [4.69, 9.17) is 24.7 Å². The van der Waals surface area contributed by atoms with Crippen molar-refractivity contribution in [2.24, 2.45) is 0 Å². The Morgan fingerprint density at radius 1 is 0.733 bits per heavy atom. The monoisotopic (exact) mass is 433 g/mol. The molecule has 0 spiro atoms. The van der Waals surface area contributed by atoms with Crippen LogP contribution in [0.5, 0.6) is 5.75 Å². The average Bonchev–Trinajstić information content (AvgIpc) is 2.74. The highest BCUT2D eigenvalue weighted by Gasteiger charge is 2.51. The molecule has 0 aliphatic carbocycles. The second kappa shape index (κ2) is 9.70. The fourth-order valence-electron chi connectivity index (χ4n) is 3.33. The third kappa shape index (κ3) is 4.68. The molecule has 2 aliphatic heterocycles. The zero-order chi connectivity index (χ0) is 22.0. The predicted molar refractivity (Wildman–Crippen MR) is 97.9 cm³/mol. The summed E-state index contributed by atoms with van der Waals surface area (Å²) >= 11 is 0. The maximum Gasteiger partial charge on any atom is 0.229 e. The van der Waals surface area contributed by atoms with E-state index < -0.39 is 74.6 Å². The van der Waals surface area contributed by atoms with Crippen molar-refractivity contribution in [3.63, 3.8) is 0 Å². The highest BCUT2D eigenvalue weighted by molar-refractivity contribution is 5.41. The van der Waals surface area contributed by atoms with Gasteiger partial charge in [0.05, 0.1) is 13.2 Å². The van der Waals surface area contributed by atoms with Crippen LogP contribution in [0.25, 0.3) is 0 Å². The molecule has 2 aliphatic rings. The van der Waals surface area contributed by atoms with Gasteiger partial charge < -0.3 is 60.4 Å². The molecule has 0 saturated carbocycles. The van der Waals surface area contributed by atoms with Gasteiger partial charge in [-0.1, -0.05) is 0 Å². The summed E-state index contributed by atoms with van der Waals surface area (Å²) in [6, 6.07) is 6.17. The van der Waals surface area contributed by atoms with Gasteiger partial charge in [0.1, 0.15) is 54.6 Å². The van der Waals surface area contributed by atoms with Crippen LogP contribution in [0.1, 0.15) is 0 Å². The van der Waals surface area contributed by atoms with Gasteiger partial charge >= 0.3 is 0 Å². The lowest BCUT2D eigenvalue weighted by Gasteiger charge is -2.45. The molecule has 2 saturated heterocycles. The normalized spacial score (nSPS) is 42.1. The number of aliphatic hydroxyl groups excluding tert-OH is 7. The SMILES string of the molecule is Nc1ccc(O[C@H]2O[C@@H](CO)[C@@H](O)[C@H](O[C@H]3O[C@@H](CO)[C@@H](O)[C@H](O)[C@H]3O)[C@H]2O)cc1. The van der Waals surface area contributed by atoms with Crippen LogP contribution in [0.4, 0.5) is 5.69 Å². The lowest BCUT2D eigenvalue weighted by atomic mass is 9.97. The van der Waals surface area contributed by atoms with Crippen LogP contribution in [0, 0.1) is 0 Å². The predicted octanol–water partition coefficient (Wildman–Crippen LogP) is -3.73. The molecule has 0 amide bonds. The molecule has 170 valence electrons. The largest absolute Gasteiger partial charge is 0.462 e. The summed E-state index contributed by atoms with van der Waals surface area (Å²) in [7, 11) is 0. The van der Waals surface area contributed by atoms with Crippen molar-refractivity contribution in [2.75, 3.05) is 18.9 Å². The molecule has 2 fully saturated rings. The first-order chi connectivity index (χ1) is 14.3. The Labute approximate surface area is 171 Å². The zero-order valence-electron chi connectivity index (χ0n) is 15.8. The molecule has 30 heavy (non-hydrogen) atoms. The van der Waals surface area contributed by atoms with Gasteiger partial charge in [-0.3, -0.25) is 0 Å². The van der Waals surface area contributed by atoms with Gasteiger partial charge in [0.2, 0.25) is 6.29 Å². The fraction of sp³-hybridized carbons (Fsp3) is 0.667. The average molecular weight is 433 g/mol. The van der Waals surface area contributed by atoms with Crippen LogP contribution in [0.3, 0.4) is 0 Å². The maximum atomic E-state index is 10.6. The van der Waals surface area contributed by atoms with Gasteiger partial charge in [0.15, 0.2) is 6.29 Å². The first kappa shape index (κ1) is 23.1. The van der Waals surface area contributed by atoms with Gasteiger partial charge in [-0.25, -0.2) is 0 Å². The van der Waals surface area contributed by atoms with Crippen LogP contribution in [0.2, 0.25) is 0 Å². The molecule has 3 rings (SSSR count). The summed E-state index contributed by atoms with van der Waals surface area (Å²) in [5.74, 6) is 0.285. The molecule has 0 bridgehead atoms. The standard InChI is InChI=1S/C18H27NO11/c19-7-1-3-8(4-2-7)27-18-15(26)16(12(23)10(6-21)29-18)30-17-14(25)13(24)11(22)9(5-20)28-17/h1-4,9-18,20-26H,5-6,19H2/t9-,10-,11+,12+,13-,14+,15+,16-,17+,18-/m0/s1. The number of benzene rings is 1. The first-order valence-electron chi connectivity index (χ1n) is 9.37. The molecule has 1 aromatic carbocycles. The lowest BCUT2D eigenvalue weighted by Crippen LogP contribution is -2.65. The minimum Gasteiger partial charge on any atom is -0.462 e. The van der Waals surface area contributed by atoms with E-state index in [1.807, 2.05) is 0 Å². The number of aliphatic hydroxyl groups is 7. The van der Waals surface area contributed by atoms with Crippen molar-refractivity contribution in [3.05, 3.63) is 24.3 Å². The van der Waals surface area contributed by atoms with Gasteiger partial charge in [-0.2, -0.15) is 0 Å². The van der Waals surface area contributed by atoms with Gasteiger partial charge in [0.25, 0.3) is 0 Å². The molecule has 12 heteroatoms. The third-order valence-electron chi connectivity index (χ3n) is 5.09. The quantitative estimate of drug-likeness (QED) is 0.204. The van der Waals surface area contributed by atoms with Gasteiger partial charge in [-0.15, -0.1) is 0 Å². The van der Waals surface area contributed by atoms with E-state index in [0.717, 1.165) is 0 Å². The Morgan fingerprint density at radius 3 is 1.90 bits per heavy atom. The molecule has 0 unspecified atom stereocenters. The Kier molecular flexibility index (Phi) is 7.47. The number of anilines is 1. The summed E-state index contributed by atoms with van der Waals surface area (Å²) < 4.78 is 21.7. The van der Waals surface area contributed by atoms with E-state index in [2.05, 4.69) is 0 Å². The van der Waals surface area contributed by atoms with Crippen molar-refractivity contribution in [1.82, 2.24) is 0 Å². The molecule has 1 aromatic rings. The zero-order valence-corrected chi connectivity index (χ0v) is 15.8. The number of ether oxygens (including phenoxy) is 4. The first-order valence-corrected chi connectivity index (χ1v) is 9.37. The summed E-state index contributed by atoms with van der Waals surface area (Å²) in [6.07, 6.45) is -15.1. The number of rotatable bonds is 6. The molecular weight excluding hydrogens is 406 g/mol. The number of hydrogen-bond acceptors (Lipinski definition) is 12. The summed E-state index contributed by atoms with van der Waals surface area (Å²) in [5, 5.41) is 69.8. The molecule has 10 atom stereocenters. The van der Waals surface area contributed by atoms with Crippen molar-refractivity contribution in [1.29, 1.82) is 0 Å². The van der Waals surface area contributed by atoms with Crippen molar-refractivity contribution < 1.29 is 54.7 Å². The van der Waals surface area contributed by atoms with E-state index in [1.54, 1.807) is 12.1 Å². The van der Waals surface area contributed by atoms with E-state index in [9.17, 15) is 35.7 Å². The fourth-order valence-corrected chi connectivity index (χ4v) is 3.33. The van der Waals surface area contributed by atoms with Crippen LogP contribution < -0.4 is 10.5 Å². The van der Waals surface area contributed by atoms with Crippen LogP contribution in [-0.4, -0.2) is 110 Å². The Bertz CT molecular complexity index is 675. The topological polar surface area (TPSA) is 205 Å². The second-order valence-electron chi connectivity index (χ2n) is 7.19. The summed E-state index contributed by atoms with van der Waals surface area (Å²) in [6.45, 7) is -1.31. The van der Waals surface area contributed by atoms with Crippen molar-refractivity contribution in [2.45, 2.75) is 61.4 Å². The van der Waals surface area contributed by atoms with Gasteiger partial charge in [0, 0.05) is 5.69 Å². The molecular formula is C18H27NO11.